The molecule has 0 amide bonds. The second-order valence-corrected chi connectivity index (χ2v) is 4.18. The average molecular weight is 226 g/mol. The van der Waals surface area contributed by atoms with E-state index in [9.17, 15) is 22.4 Å². The summed E-state index contributed by atoms with van der Waals surface area (Å²) in [6.07, 6.45) is -4.67. The van der Waals surface area contributed by atoms with Crippen molar-refractivity contribution in [3.05, 3.63) is 11.9 Å². The van der Waals surface area contributed by atoms with E-state index >= 15 is 0 Å². The van der Waals surface area contributed by atoms with E-state index in [0.29, 0.717) is 6.08 Å². The molecular formula is C9H10F4O2. The van der Waals surface area contributed by atoms with Crippen molar-refractivity contribution >= 4 is 5.97 Å². The van der Waals surface area contributed by atoms with E-state index in [2.05, 4.69) is 0 Å². The fourth-order valence-electron chi connectivity index (χ4n) is 1.71. The Hall–Kier alpha value is -1.07. The Morgan fingerprint density at radius 2 is 1.87 bits per heavy atom. The van der Waals surface area contributed by atoms with Gasteiger partial charge in [-0.15, -0.1) is 0 Å². The Bertz CT molecular complexity index is 317. The van der Waals surface area contributed by atoms with Crippen molar-refractivity contribution < 1.29 is 27.5 Å². The van der Waals surface area contributed by atoms with E-state index in [0.717, 1.165) is 0 Å². The summed E-state index contributed by atoms with van der Waals surface area (Å²) >= 11 is 0. The molecule has 1 aliphatic rings. The highest BCUT2D eigenvalue weighted by molar-refractivity contribution is 5.76. The normalized spacial score (nSPS) is 30.1. The summed E-state index contributed by atoms with van der Waals surface area (Å²) in [5.41, 5.74) is -0.811. The third-order valence-electron chi connectivity index (χ3n) is 2.77. The van der Waals surface area contributed by atoms with E-state index in [-0.39, 0.29) is 0 Å². The maximum atomic E-state index is 12.5. The monoisotopic (exact) mass is 226 g/mol. The highest BCUT2D eigenvalue weighted by Crippen LogP contribution is 2.59. The number of alkyl halides is 3. The number of hydrogen-bond acceptors (Lipinski definition) is 1. The van der Waals surface area contributed by atoms with Gasteiger partial charge in [0.15, 0.2) is 5.83 Å². The summed E-state index contributed by atoms with van der Waals surface area (Å²) in [6, 6.07) is 0. The first-order valence-corrected chi connectivity index (χ1v) is 4.26. The second kappa shape index (κ2) is 3.21. The molecule has 0 unspecified atom stereocenters. The van der Waals surface area contributed by atoms with Crippen LogP contribution in [0.1, 0.15) is 13.8 Å². The minimum absolute atomic E-state index is 0.360. The molecule has 2 nitrogen and oxygen atoms in total. The lowest BCUT2D eigenvalue weighted by atomic mass is 10.1. The van der Waals surface area contributed by atoms with E-state index in [1.54, 1.807) is 0 Å². The van der Waals surface area contributed by atoms with Gasteiger partial charge in [0, 0.05) is 0 Å². The van der Waals surface area contributed by atoms with Crippen LogP contribution in [0, 0.1) is 17.3 Å². The van der Waals surface area contributed by atoms with Crippen molar-refractivity contribution in [3.8, 4) is 0 Å². The largest absolute Gasteiger partial charge is 0.481 e. The van der Waals surface area contributed by atoms with Gasteiger partial charge < -0.3 is 5.11 Å². The van der Waals surface area contributed by atoms with Gasteiger partial charge in [-0.25, -0.2) is 4.39 Å². The maximum absolute atomic E-state index is 12.5. The van der Waals surface area contributed by atoms with Crippen molar-refractivity contribution in [2.45, 2.75) is 20.0 Å². The smallest absolute Gasteiger partial charge is 0.442 e. The van der Waals surface area contributed by atoms with E-state index in [4.69, 9.17) is 5.11 Å². The molecule has 1 fully saturated rings. The molecule has 0 spiro atoms. The second-order valence-electron chi connectivity index (χ2n) is 4.18. The van der Waals surface area contributed by atoms with Crippen LogP contribution in [0.25, 0.3) is 0 Å². The third kappa shape index (κ3) is 2.13. The molecule has 86 valence electrons. The van der Waals surface area contributed by atoms with E-state index in [1.165, 1.54) is 13.8 Å². The summed E-state index contributed by atoms with van der Waals surface area (Å²) in [7, 11) is 0. The lowest BCUT2D eigenvalue weighted by Crippen LogP contribution is -2.08. The first kappa shape index (κ1) is 12.0. The molecule has 0 radical (unpaired) electrons. The Labute approximate surface area is 83.6 Å². The van der Waals surface area contributed by atoms with Crippen LogP contribution >= 0.6 is 0 Å². The van der Waals surface area contributed by atoms with Crippen LogP contribution in [0.5, 0.6) is 0 Å². The van der Waals surface area contributed by atoms with Crippen molar-refractivity contribution in [2.24, 2.45) is 17.3 Å². The van der Waals surface area contributed by atoms with Crippen LogP contribution in [0.15, 0.2) is 11.9 Å². The zero-order valence-corrected chi connectivity index (χ0v) is 8.10. The molecule has 0 aromatic carbocycles. The molecule has 0 heterocycles. The highest BCUT2D eigenvalue weighted by atomic mass is 19.4. The zero-order valence-electron chi connectivity index (χ0n) is 8.10. The van der Waals surface area contributed by atoms with Crippen molar-refractivity contribution in [1.82, 2.24) is 0 Å². The number of rotatable bonds is 2. The van der Waals surface area contributed by atoms with Gasteiger partial charge in [0.2, 0.25) is 0 Å². The number of carboxylic acids is 1. The molecule has 0 saturated heterocycles. The van der Waals surface area contributed by atoms with Gasteiger partial charge in [0.25, 0.3) is 0 Å². The number of carbonyl (C=O) groups is 1. The van der Waals surface area contributed by atoms with Crippen LogP contribution in [-0.2, 0) is 4.79 Å². The van der Waals surface area contributed by atoms with Crippen molar-refractivity contribution in [3.63, 3.8) is 0 Å². The molecule has 1 rings (SSSR count). The Balaban J connectivity index is 2.83. The standard InChI is InChI=1S/C9H10F4O2/c1-8(2)4(6(8)7(14)15)3-5(10)9(11,12)13/h3-4,6H,1-2H3,(H,14,15)/t4-,6-/m1/s1. The van der Waals surface area contributed by atoms with E-state index < -0.39 is 35.2 Å². The highest BCUT2D eigenvalue weighted by Gasteiger charge is 2.61. The predicted molar refractivity (Wildman–Crippen MR) is 43.6 cm³/mol. The first-order chi connectivity index (χ1) is 6.58. The predicted octanol–water partition coefficient (Wildman–Crippen LogP) is 2.76. The minimum atomic E-state index is -5.03. The van der Waals surface area contributed by atoms with Crippen LogP contribution in [0.4, 0.5) is 17.6 Å². The molecular weight excluding hydrogens is 216 g/mol. The molecule has 15 heavy (non-hydrogen) atoms. The maximum Gasteiger partial charge on any atom is 0.442 e. The van der Waals surface area contributed by atoms with Crippen molar-refractivity contribution in [2.75, 3.05) is 0 Å². The van der Waals surface area contributed by atoms with Crippen LogP contribution in [0.2, 0.25) is 0 Å². The summed E-state index contributed by atoms with van der Waals surface area (Å²) in [5, 5.41) is 8.64. The molecule has 0 aromatic heterocycles. The molecule has 1 aliphatic carbocycles. The van der Waals surface area contributed by atoms with Crippen LogP contribution in [-0.4, -0.2) is 17.3 Å². The Kier molecular flexibility index (Phi) is 2.57. The molecule has 0 aromatic rings. The first-order valence-electron chi connectivity index (χ1n) is 4.26. The fourth-order valence-corrected chi connectivity index (χ4v) is 1.71. The molecule has 0 bridgehead atoms. The zero-order chi connectivity index (χ0) is 12.0. The van der Waals surface area contributed by atoms with Gasteiger partial charge >= 0.3 is 12.1 Å². The average Bonchev–Trinajstić information content (AvgIpc) is 2.50. The number of carboxylic acid groups (broad SMARTS) is 1. The SMILES string of the molecule is CC1(C)[C@H](C=C(F)C(F)(F)F)[C@@H]1C(=O)O. The number of halogens is 4. The number of hydrogen-bond donors (Lipinski definition) is 1. The molecule has 1 N–H and O–H groups in total. The quantitative estimate of drug-likeness (QED) is 0.735. The molecule has 1 saturated carbocycles. The lowest BCUT2D eigenvalue weighted by molar-refractivity contribution is -0.139. The van der Waals surface area contributed by atoms with Crippen LogP contribution < -0.4 is 0 Å². The van der Waals surface area contributed by atoms with Gasteiger partial charge in [0.05, 0.1) is 5.92 Å². The summed E-state index contributed by atoms with van der Waals surface area (Å²) < 4.78 is 48.0. The molecule has 6 heteroatoms. The van der Waals surface area contributed by atoms with Gasteiger partial charge in [0.1, 0.15) is 0 Å². The topological polar surface area (TPSA) is 37.3 Å². The summed E-state index contributed by atoms with van der Waals surface area (Å²) in [6.45, 7) is 2.99. The minimum Gasteiger partial charge on any atom is -0.481 e. The van der Waals surface area contributed by atoms with Crippen LogP contribution in [0.3, 0.4) is 0 Å². The van der Waals surface area contributed by atoms with E-state index in [1.807, 2.05) is 0 Å². The Morgan fingerprint density at radius 3 is 2.13 bits per heavy atom. The van der Waals surface area contributed by atoms with Crippen molar-refractivity contribution in [1.29, 1.82) is 0 Å². The van der Waals surface area contributed by atoms with Gasteiger partial charge in [-0.3, -0.25) is 4.79 Å². The fraction of sp³-hybridized carbons (Fsp3) is 0.667. The number of aliphatic carboxylic acids is 1. The summed E-state index contributed by atoms with van der Waals surface area (Å²) in [5.74, 6) is -5.25. The summed E-state index contributed by atoms with van der Waals surface area (Å²) in [4.78, 5) is 10.6. The lowest BCUT2D eigenvalue weighted by Gasteiger charge is -2.02. The van der Waals surface area contributed by atoms with Gasteiger partial charge in [-0.2, -0.15) is 13.2 Å². The molecule has 0 aliphatic heterocycles. The van der Waals surface area contributed by atoms with Gasteiger partial charge in [-0.05, 0) is 17.4 Å². The Morgan fingerprint density at radius 1 is 1.40 bits per heavy atom. The number of allylic oxidation sites excluding steroid dienone is 2. The molecule has 2 atom stereocenters. The van der Waals surface area contributed by atoms with Gasteiger partial charge in [-0.1, -0.05) is 13.8 Å². The third-order valence-corrected chi connectivity index (χ3v) is 2.77.